The maximum Gasteiger partial charge on any atom is 0.511 e. The van der Waals surface area contributed by atoms with Gasteiger partial charge in [0.1, 0.15) is 0 Å². The molecule has 0 aromatic heterocycles. The molecule has 1 aliphatic rings. The second kappa shape index (κ2) is 3.72. The van der Waals surface area contributed by atoms with Gasteiger partial charge in [-0.2, -0.15) is 0 Å². The number of nitrogens with one attached hydrogen (secondary N) is 1. The van der Waals surface area contributed by atoms with Crippen molar-refractivity contribution in [2.45, 2.75) is 5.92 Å². The summed E-state index contributed by atoms with van der Waals surface area (Å²) in [6.07, 6.45) is 0. The summed E-state index contributed by atoms with van der Waals surface area (Å²) in [5.74, 6) is 0.303. The quantitative estimate of drug-likeness (QED) is 0.773. The van der Waals surface area contributed by atoms with Gasteiger partial charge in [-0.05, 0) is 11.6 Å². The lowest BCUT2D eigenvalue weighted by Crippen LogP contribution is -2.40. The fourth-order valence-electron chi connectivity index (χ4n) is 1.59. The first kappa shape index (κ1) is 10.8. The summed E-state index contributed by atoms with van der Waals surface area (Å²) in [6, 6.07) is 4.02. The molecular weight excluding hydrogens is 225 g/mol. The summed E-state index contributed by atoms with van der Waals surface area (Å²) in [6.45, 7) is -3.38. The molecule has 82 valence electrons. The third kappa shape index (κ3) is 2.13. The van der Waals surface area contributed by atoms with Gasteiger partial charge in [-0.15, -0.1) is 0 Å². The first-order chi connectivity index (χ1) is 6.98. The van der Waals surface area contributed by atoms with Gasteiger partial charge in [0.2, 0.25) is 0 Å². The normalized spacial score (nSPS) is 17.6. The van der Waals surface area contributed by atoms with E-state index in [1.54, 1.807) is 0 Å². The minimum absolute atomic E-state index is 0.188. The molecule has 15 heavy (non-hydrogen) atoms. The molecule has 1 saturated heterocycles. The Hall–Kier alpha value is -0.675. The number of hydrogen-bond acceptors (Lipinski definition) is 1. The van der Waals surface area contributed by atoms with Crippen molar-refractivity contribution in [3.63, 3.8) is 0 Å². The zero-order valence-electron chi connectivity index (χ0n) is 7.81. The Balaban J connectivity index is 2.30. The van der Waals surface area contributed by atoms with E-state index in [-0.39, 0.29) is 5.02 Å². The fourth-order valence-corrected chi connectivity index (χ4v) is 1.90. The molecule has 0 bridgehead atoms. The molecule has 1 fully saturated rings. The van der Waals surface area contributed by atoms with E-state index in [2.05, 4.69) is 5.32 Å². The van der Waals surface area contributed by atoms with E-state index in [9.17, 15) is 12.9 Å². The van der Waals surface area contributed by atoms with Crippen LogP contribution < -0.4 is 10.8 Å². The molecule has 1 aliphatic heterocycles. The van der Waals surface area contributed by atoms with Gasteiger partial charge in [0.15, 0.2) is 0 Å². The number of hydrogen-bond donors (Lipinski definition) is 1. The molecule has 1 heterocycles. The Morgan fingerprint density at radius 3 is 2.33 bits per heavy atom. The SMILES string of the molecule is F[B-](F)(F)c1ccc(C2CNC2)cc1Cl. The van der Waals surface area contributed by atoms with Crippen molar-refractivity contribution in [3.05, 3.63) is 28.8 Å². The smallest absolute Gasteiger partial charge is 0.445 e. The highest BCUT2D eigenvalue weighted by Gasteiger charge is 2.29. The fraction of sp³-hybridized carbons (Fsp3) is 0.333. The molecule has 0 spiro atoms. The van der Waals surface area contributed by atoms with Crippen LogP contribution >= 0.6 is 11.6 Å². The first-order valence-electron chi connectivity index (χ1n) is 4.68. The average Bonchev–Trinajstić information content (AvgIpc) is 1.97. The molecule has 2 rings (SSSR count). The molecule has 6 heteroatoms. The van der Waals surface area contributed by atoms with Crippen molar-refractivity contribution in [1.82, 2.24) is 5.32 Å². The second-order valence-corrected chi connectivity index (χ2v) is 4.12. The van der Waals surface area contributed by atoms with E-state index < -0.39 is 12.4 Å². The average molecular weight is 234 g/mol. The van der Waals surface area contributed by atoms with E-state index in [0.29, 0.717) is 5.92 Å². The van der Waals surface area contributed by atoms with Crippen LogP contribution in [0.3, 0.4) is 0 Å². The minimum atomic E-state index is -5.00. The lowest BCUT2D eigenvalue weighted by atomic mass is 9.78. The van der Waals surface area contributed by atoms with Gasteiger partial charge in [-0.3, -0.25) is 0 Å². The summed E-state index contributed by atoms with van der Waals surface area (Å²) in [4.78, 5) is 0. The van der Waals surface area contributed by atoms with Gasteiger partial charge in [-0.1, -0.05) is 29.2 Å². The Labute approximate surface area is 90.7 Å². The van der Waals surface area contributed by atoms with E-state index in [1.807, 2.05) is 0 Å². The molecule has 1 N–H and O–H groups in total. The largest absolute Gasteiger partial charge is 0.511 e. The monoisotopic (exact) mass is 234 g/mol. The molecule has 1 aromatic carbocycles. The zero-order valence-corrected chi connectivity index (χ0v) is 8.57. The van der Waals surface area contributed by atoms with E-state index in [4.69, 9.17) is 11.6 Å². The van der Waals surface area contributed by atoms with Crippen LogP contribution in [0.15, 0.2) is 18.2 Å². The highest BCUT2D eigenvalue weighted by Crippen LogP contribution is 2.24. The third-order valence-electron chi connectivity index (χ3n) is 2.63. The molecule has 0 unspecified atom stereocenters. The summed E-state index contributed by atoms with van der Waals surface area (Å²) in [5, 5.41) is 2.87. The van der Waals surface area contributed by atoms with Crippen LogP contribution in [0.1, 0.15) is 11.5 Å². The van der Waals surface area contributed by atoms with Crippen LogP contribution in [-0.4, -0.2) is 20.1 Å². The summed E-state index contributed by atoms with van der Waals surface area (Å²) in [7, 11) is 0. The molecule has 1 nitrogen and oxygen atoms in total. The Bertz CT molecular complexity index is 376. The van der Waals surface area contributed by atoms with Crippen LogP contribution in [-0.2, 0) is 0 Å². The lowest BCUT2D eigenvalue weighted by Gasteiger charge is -2.28. The van der Waals surface area contributed by atoms with Crippen molar-refractivity contribution >= 4 is 24.0 Å². The molecule has 1 aromatic rings. The highest BCUT2D eigenvalue weighted by atomic mass is 35.5. The predicted molar refractivity (Wildman–Crippen MR) is 55.8 cm³/mol. The standard InChI is InChI=1S/C9H9BClF3N/c11-9-3-6(7-4-15-5-7)1-2-8(9)10(12,13)14/h1-3,7,15H,4-5H2/q-1. The van der Waals surface area contributed by atoms with Crippen LogP contribution in [0.2, 0.25) is 5.02 Å². The first-order valence-corrected chi connectivity index (χ1v) is 5.06. The van der Waals surface area contributed by atoms with Gasteiger partial charge in [-0.25, -0.2) is 0 Å². The second-order valence-electron chi connectivity index (χ2n) is 3.71. The maximum atomic E-state index is 12.4. The van der Waals surface area contributed by atoms with E-state index >= 15 is 0 Å². The van der Waals surface area contributed by atoms with Crippen molar-refractivity contribution in [2.75, 3.05) is 13.1 Å². The molecular formula is C9H9BClF3N-. The Morgan fingerprint density at radius 1 is 1.27 bits per heavy atom. The van der Waals surface area contributed by atoms with E-state index in [1.165, 1.54) is 12.1 Å². The molecule has 0 amide bonds. The van der Waals surface area contributed by atoms with Gasteiger partial charge in [0.05, 0.1) is 0 Å². The summed E-state index contributed by atoms with van der Waals surface area (Å²) < 4.78 is 37.3. The molecule has 0 radical (unpaired) electrons. The summed E-state index contributed by atoms with van der Waals surface area (Å²) in [5.41, 5.74) is 0.176. The van der Waals surface area contributed by atoms with Gasteiger partial charge >= 0.3 is 6.98 Å². The Kier molecular flexibility index (Phi) is 2.69. The number of halogens is 4. The van der Waals surface area contributed by atoms with Crippen LogP contribution in [0.5, 0.6) is 0 Å². The third-order valence-corrected chi connectivity index (χ3v) is 2.96. The topological polar surface area (TPSA) is 12.0 Å². The summed E-state index contributed by atoms with van der Waals surface area (Å²) >= 11 is 5.61. The number of rotatable bonds is 2. The van der Waals surface area contributed by atoms with Crippen molar-refractivity contribution in [3.8, 4) is 0 Å². The van der Waals surface area contributed by atoms with Gasteiger partial charge in [0.25, 0.3) is 0 Å². The highest BCUT2D eigenvalue weighted by molar-refractivity contribution is 6.75. The molecule has 0 atom stereocenters. The maximum absolute atomic E-state index is 12.4. The molecule has 0 saturated carbocycles. The van der Waals surface area contributed by atoms with Crippen LogP contribution in [0.4, 0.5) is 12.9 Å². The van der Waals surface area contributed by atoms with E-state index in [0.717, 1.165) is 24.7 Å². The lowest BCUT2D eigenvalue weighted by molar-refractivity contribution is 0.448. The van der Waals surface area contributed by atoms with Crippen molar-refractivity contribution in [2.24, 2.45) is 0 Å². The van der Waals surface area contributed by atoms with Gasteiger partial charge < -0.3 is 18.3 Å². The predicted octanol–water partition coefficient (Wildman–Crippen LogP) is 2.08. The van der Waals surface area contributed by atoms with Crippen molar-refractivity contribution in [1.29, 1.82) is 0 Å². The Morgan fingerprint density at radius 2 is 1.93 bits per heavy atom. The van der Waals surface area contributed by atoms with Crippen LogP contribution in [0.25, 0.3) is 0 Å². The molecule has 0 aliphatic carbocycles. The number of benzene rings is 1. The zero-order chi connectivity index (χ0) is 11.1. The van der Waals surface area contributed by atoms with Gasteiger partial charge in [0, 0.05) is 24.0 Å². The van der Waals surface area contributed by atoms with Crippen LogP contribution in [0, 0.1) is 0 Å². The van der Waals surface area contributed by atoms with Crippen molar-refractivity contribution < 1.29 is 12.9 Å². The minimum Gasteiger partial charge on any atom is -0.445 e.